The van der Waals surface area contributed by atoms with E-state index in [-0.39, 0.29) is 31.1 Å². The summed E-state index contributed by atoms with van der Waals surface area (Å²) in [6, 6.07) is 0. The Hall–Kier alpha value is -3.41. The van der Waals surface area contributed by atoms with Crippen LogP contribution in [-0.2, 0) is 28.6 Å². The van der Waals surface area contributed by atoms with Crippen LogP contribution in [0.4, 0.5) is 0 Å². The molecule has 0 fully saturated rings. The minimum Gasteiger partial charge on any atom is -0.462 e. The summed E-state index contributed by atoms with van der Waals surface area (Å²) in [6.45, 7) is 6.45. The standard InChI is InChI=1S/C62H106O6/c1-4-7-10-13-16-18-20-22-24-26-28-30-31-33-34-36-38-40-42-44-46-49-52-55-61(64)67-58-59(57-66-60(63)54-51-48-15-12-9-6-3)68-62(65)56-53-50-47-45-43-41-39-37-35-32-29-27-25-23-21-19-17-14-11-8-5-2/h7,10,16,18,21-24,27-30,35,37,59H,4-6,8-9,11-15,17,19-20,25-26,31-34,36,38-58H2,1-3H3/b10-7-,18-16-,23-21-,24-22-,29-27-,30-28-,37-35-. The van der Waals surface area contributed by atoms with Gasteiger partial charge in [-0.2, -0.15) is 0 Å². The minimum absolute atomic E-state index is 0.0830. The molecule has 0 aliphatic carbocycles. The van der Waals surface area contributed by atoms with Crippen molar-refractivity contribution in [3.05, 3.63) is 85.1 Å². The fourth-order valence-electron chi connectivity index (χ4n) is 7.85. The third kappa shape index (κ3) is 53.5. The largest absolute Gasteiger partial charge is 0.462 e. The predicted octanol–water partition coefficient (Wildman–Crippen LogP) is 19.2. The summed E-state index contributed by atoms with van der Waals surface area (Å²) in [5.74, 6) is -0.906. The quantitative estimate of drug-likeness (QED) is 0.0262. The van der Waals surface area contributed by atoms with Crippen molar-refractivity contribution in [3.63, 3.8) is 0 Å². The first-order valence-corrected chi connectivity index (χ1v) is 28.6. The molecule has 0 aliphatic rings. The number of esters is 3. The molecular weight excluding hydrogens is 841 g/mol. The zero-order valence-electron chi connectivity index (χ0n) is 44.6. The van der Waals surface area contributed by atoms with Gasteiger partial charge in [0, 0.05) is 19.3 Å². The molecule has 390 valence electrons. The number of carbonyl (C=O) groups excluding carboxylic acids is 3. The van der Waals surface area contributed by atoms with E-state index in [9.17, 15) is 14.4 Å². The van der Waals surface area contributed by atoms with Crippen molar-refractivity contribution in [1.29, 1.82) is 0 Å². The van der Waals surface area contributed by atoms with Gasteiger partial charge >= 0.3 is 17.9 Å². The number of unbranched alkanes of at least 4 members (excludes halogenated alkanes) is 26. The summed E-state index contributed by atoms with van der Waals surface area (Å²) in [4.78, 5) is 37.9. The van der Waals surface area contributed by atoms with Gasteiger partial charge < -0.3 is 14.2 Å². The molecule has 0 radical (unpaired) electrons. The summed E-state index contributed by atoms with van der Waals surface area (Å²) in [6.07, 6.45) is 73.1. The van der Waals surface area contributed by atoms with E-state index < -0.39 is 6.10 Å². The maximum atomic E-state index is 12.8. The van der Waals surface area contributed by atoms with E-state index in [4.69, 9.17) is 14.2 Å². The molecule has 0 spiro atoms. The van der Waals surface area contributed by atoms with E-state index in [1.165, 1.54) is 122 Å². The van der Waals surface area contributed by atoms with Crippen molar-refractivity contribution < 1.29 is 28.6 Å². The van der Waals surface area contributed by atoms with Crippen LogP contribution in [0.5, 0.6) is 0 Å². The van der Waals surface area contributed by atoms with E-state index in [0.717, 1.165) is 109 Å². The summed E-state index contributed by atoms with van der Waals surface area (Å²) in [7, 11) is 0. The molecule has 0 bridgehead atoms. The van der Waals surface area contributed by atoms with Crippen molar-refractivity contribution in [1.82, 2.24) is 0 Å². The van der Waals surface area contributed by atoms with Crippen LogP contribution < -0.4 is 0 Å². The molecule has 0 N–H and O–H groups in total. The first-order chi connectivity index (χ1) is 33.5. The predicted molar refractivity (Wildman–Crippen MR) is 293 cm³/mol. The second-order valence-corrected chi connectivity index (χ2v) is 18.8. The Kier molecular flexibility index (Phi) is 53.4. The molecule has 0 aromatic heterocycles. The Morgan fingerprint density at radius 2 is 0.574 bits per heavy atom. The van der Waals surface area contributed by atoms with Crippen LogP contribution in [0.25, 0.3) is 0 Å². The second-order valence-electron chi connectivity index (χ2n) is 18.8. The van der Waals surface area contributed by atoms with Gasteiger partial charge in [-0.15, -0.1) is 0 Å². The van der Waals surface area contributed by atoms with Gasteiger partial charge in [-0.3, -0.25) is 14.4 Å². The lowest BCUT2D eigenvalue weighted by atomic mass is 10.1. The van der Waals surface area contributed by atoms with Gasteiger partial charge in [-0.05, 0) is 96.3 Å². The Bertz CT molecular complexity index is 1320. The molecule has 6 nitrogen and oxygen atoms in total. The topological polar surface area (TPSA) is 78.9 Å². The molecule has 0 aromatic carbocycles. The highest BCUT2D eigenvalue weighted by Gasteiger charge is 2.19. The zero-order chi connectivity index (χ0) is 49.3. The number of ether oxygens (including phenoxy) is 3. The van der Waals surface area contributed by atoms with Crippen molar-refractivity contribution in [2.75, 3.05) is 13.2 Å². The minimum atomic E-state index is -0.782. The maximum Gasteiger partial charge on any atom is 0.306 e. The van der Waals surface area contributed by atoms with Crippen LogP contribution in [0.1, 0.15) is 271 Å². The van der Waals surface area contributed by atoms with E-state index in [0.29, 0.717) is 19.3 Å². The lowest BCUT2D eigenvalue weighted by molar-refractivity contribution is -0.167. The summed E-state index contributed by atoms with van der Waals surface area (Å²) >= 11 is 0. The number of hydrogen-bond acceptors (Lipinski definition) is 6. The summed E-state index contributed by atoms with van der Waals surface area (Å²) in [5.41, 5.74) is 0. The number of carbonyl (C=O) groups is 3. The van der Waals surface area contributed by atoms with Crippen LogP contribution in [0.3, 0.4) is 0 Å². The van der Waals surface area contributed by atoms with Crippen LogP contribution in [-0.4, -0.2) is 37.2 Å². The van der Waals surface area contributed by atoms with Crippen LogP contribution in [0.15, 0.2) is 85.1 Å². The Morgan fingerprint density at radius 1 is 0.309 bits per heavy atom. The van der Waals surface area contributed by atoms with E-state index in [1.807, 2.05) is 0 Å². The van der Waals surface area contributed by atoms with Crippen molar-refractivity contribution in [3.8, 4) is 0 Å². The van der Waals surface area contributed by atoms with Crippen LogP contribution >= 0.6 is 0 Å². The Morgan fingerprint density at radius 3 is 0.897 bits per heavy atom. The molecular formula is C62H106O6. The average molecular weight is 948 g/mol. The number of allylic oxidation sites excluding steroid dienone is 14. The van der Waals surface area contributed by atoms with E-state index in [1.54, 1.807) is 0 Å². The lowest BCUT2D eigenvalue weighted by Crippen LogP contribution is -2.30. The smallest absolute Gasteiger partial charge is 0.306 e. The third-order valence-electron chi connectivity index (χ3n) is 12.1. The van der Waals surface area contributed by atoms with Crippen molar-refractivity contribution in [2.24, 2.45) is 0 Å². The van der Waals surface area contributed by atoms with Crippen LogP contribution in [0.2, 0.25) is 0 Å². The Labute approximate surface area is 420 Å². The molecule has 68 heavy (non-hydrogen) atoms. The molecule has 0 saturated carbocycles. The molecule has 0 saturated heterocycles. The average Bonchev–Trinajstić information content (AvgIpc) is 3.34. The molecule has 0 amide bonds. The highest BCUT2D eigenvalue weighted by molar-refractivity contribution is 5.71. The highest BCUT2D eigenvalue weighted by Crippen LogP contribution is 2.15. The third-order valence-corrected chi connectivity index (χ3v) is 12.1. The summed E-state index contributed by atoms with van der Waals surface area (Å²) < 4.78 is 16.7. The lowest BCUT2D eigenvalue weighted by Gasteiger charge is -2.18. The normalized spacial score (nSPS) is 12.7. The number of rotatable bonds is 51. The first kappa shape index (κ1) is 64.6. The molecule has 0 heterocycles. The van der Waals surface area contributed by atoms with Crippen molar-refractivity contribution in [2.45, 2.75) is 277 Å². The second kappa shape index (κ2) is 56.2. The summed E-state index contributed by atoms with van der Waals surface area (Å²) in [5, 5.41) is 0. The van der Waals surface area contributed by atoms with Gasteiger partial charge in [0.05, 0.1) is 0 Å². The van der Waals surface area contributed by atoms with Gasteiger partial charge in [-0.1, -0.05) is 241 Å². The zero-order valence-corrected chi connectivity index (χ0v) is 44.6. The maximum absolute atomic E-state index is 12.8. The van der Waals surface area contributed by atoms with E-state index >= 15 is 0 Å². The van der Waals surface area contributed by atoms with Gasteiger partial charge in [-0.25, -0.2) is 0 Å². The monoisotopic (exact) mass is 947 g/mol. The molecule has 0 rings (SSSR count). The molecule has 1 unspecified atom stereocenters. The fraction of sp³-hybridized carbons (Fsp3) is 0.726. The van der Waals surface area contributed by atoms with Crippen LogP contribution in [0, 0.1) is 0 Å². The number of hydrogen-bond donors (Lipinski definition) is 0. The van der Waals surface area contributed by atoms with Gasteiger partial charge in [0.1, 0.15) is 13.2 Å². The molecule has 1 atom stereocenters. The van der Waals surface area contributed by atoms with E-state index in [2.05, 4.69) is 106 Å². The van der Waals surface area contributed by atoms with Crippen molar-refractivity contribution >= 4 is 17.9 Å². The Balaban J connectivity index is 4.19. The first-order valence-electron chi connectivity index (χ1n) is 28.6. The van der Waals surface area contributed by atoms with Gasteiger partial charge in [0.15, 0.2) is 6.10 Å². The van der Waals surface area contributed by atoms with Gasteiger partial charge in [0.25, 0.3) is 0 Å². The SMILES string of the molecule is CC/C=C\C/C=C\C/C=C\C/C=C\CCCCCCCCCCCCC(=O)OCC(COC(=O)CCCCCCCC)OC(=O)CCCCCCCC/C=C\C/C=C\C/C=C\CCCCCCC. The van der Waals surface area contributed by atoms with Gasteiger partial charge in [0.2, 0.25) is 0 Å². The molecule has 0 aromatic rings. The highest BCUT2D eigenvalue weighted by atomic mass is 16.6. The molecule has 6 heteroatoms. The molecule has 0 aliphatic heterocycles. The fourth-order valence-corrected chi connectivity index (χ4v) is 7.85.